The summed E-state index contributed by atoms with van der Waals surface area (Å²) in [5.74, 6) is 1.45. The van der Waals surface area contributed by atoms with E-state index in [9.17, 15) is 0 Å². The highest BCUT2D eigenvalue weighted by molar-refractivity contribution is 5.76. The number of imidazole rings is 1. The third-order valence-electron chi connectivity index (χ3n) is 3.93. The van der Waals surface area contributed by atoms with E-state index in [4.69, 9.17) is 10.7 Å². The summed E-state index contributed by atoms with van der Waals surface area (Å²) < 4.78 is 0. The molecule has 1 aromatic heterocycles. The minimum absolute atomic E-state index is 0.387. The van der Waals surface area contributed by atoms with E-state index in [0.717, 1.165) is 36.5 Å². The van der Waals surface area contributed by atoms with E-state index in [0.29, 0.717) is 12.5 Å². The number of nitrogens with zero attached hydrogens (tertiary/aromatic N) is 2. The van der Waals surface area contributed by atoms with E-state index in [1.807, 2.05) is 0 Å². The van der Waals surface area contributed by atoms with Crippen LogP contribution in [0, 0.1) is 0 Å². The van der Waals surface area contributed by atoms with Crippen LogP contribution in [0.15, 0.2) is 18.2 Å². The molecule has 1 aromatic carbocycles. The first-order valence-electron chi connectivity index (χ1n) is 8.08. The van der Waals surface area contributed by atoms with E-state index in [2.05, 4.69) is 48.9 Å². The Balaban J connectivity index is 2.17. The Kier molecular flexibility index (Phi) is 5.76. The summed E-state index contributed by atoms with van der Waals surface area (Å²) in [6.45, 7) is 10.4. The van der Waals surface area contributed by atoms with Crippen LogP contribution in [0.5, 0.6) is 0 Å². The molecule has 0 bridgehead atoms. The zero-order valence-electron chi connectivity index (χ0n) is 13.5. The molecule has 3 N–H and O–H groups in total. The number of H-pyrrole nitrogens is 1. The minimum atomic E-state index is 0.387. The Labute approximate surface area is 127 Å². The van der Waals surface area contributed by atoms with Crippen molar-refractivity contribution in [2.75, 3.05) is 19.6 Å². The van der Waals surface area contributed by atoms with E-state index in [1.165, 1.54) is 18.4 Å². The molecule has 21 heavy (non-hydrogen) atoms. The van der Waals surface area contributed by atoms with Crippen molar-refractivity contribution in [1.29, 1.82) is 0 Å². The lowest BCUT2D eigenvalue weighted by Crippen LogP contribution is -2.25. The van der Waals surface area contributed by atoms with E-state index in [1.54, 1.807) is 0 Å². The predicted octanol–water partition coefficient (Wildman–Crippen LogP) is 3.25. The van der Waals surface area contributed by atoms with Crippen molar-refractivity contribution in [2.45, 2.75) is 46.1 Å². The number of rotatable bonds is 8. The fourth-order valence-corrected chi connectivity index (χ4v) is 2.71. The van der Waals surface area contributed by atoms with Crippen molar-refractivity contribution >= 4 is 11.0 Å². The fourth-order valence-electron chi connectivity index (χ4n) is 2.71. The summed E-state index contributed by atoms with van der Waals surface area (Å²) in [5.41, 5.74) is 9.20. The van der Waals surface area contributed by atoms with Crippen LogP contribution in [0.25, 0.3) is 11.0 Å². The number of aromatic amines is 1. The average Bonchev–Trinajstić information content (AvgIpc) is 2.88. The smallest absolute Gasteiger partial charge is 0.121 e. The Morgan fingerprint density at radius 2 is 1.95 bits per heavy atom. The molecule has 0 fully saturated rings. The molecule has 1 heterocycles. The summed E-state index contributed by atoms with van der Waals surface area (Å²) in [4.78, 5) is 10.6. The molecule has 0 saturated carbocycles. The number of fused-ring (bicyclic) bond motifs is 1. The molecule has 1 unspecified atom stereocenters. The van der Waals surface area contributed by atoms with Crippen molar-refractivity contribution in [2.24, 2.45) is 5.73 Å². The first-order valence-corrected chi connectivity index (χ1v) is 8.08. The van der Waals surface area contributed by atoms with Crippen molar-refractivity contribution in [3.8, 4) is 0 Å². The molecule has 2 rings (SSSR count). The molecule has 4 nitrogen and oxygen atoms in total. The molecule has 0 aliphatic carbocycles. The molecule has 0 saturated heterocycles. The van der Waals surface area contributed by atoms with Crippen LogP contribution in [0.4, 0.5) is 0 Å². The largest absolute Gasteiger partial charge is 0.341 e. The summed E-state index contributed by atoms with van der Waals surface area (Å²) in [5, 5.41) is 0. The third-order valence-corrected chi connectivity index (χ3v) is 3.93. The van der Waals surface area contributed by atoms with Crippen LogP contribution in [-0.4, -0.2) is 34.5 Å². The van der Waals surface area contributed by atoms with Gasteiger partial charge in [0.25, 0.3) is 0 Å². The molecule has 0 radical (unpaired) electrons. The summed E-state index contributed by atoms with van der Waals surface area (Å²) >= 11 is 0. The van der Waals surface area contributed by atoms with E-state index < -0.39 is 0 Å². The second-order valence-corrected chi connectivity index (χ2v) is 5.87. The molecular weight excluding hydrogens is 260 g/mol. The van der Waals surface area contributed by atoms with Crippen molar-refractivity contribution in [1.82, 2.24) is 14.9 Å². The highest BCUT2D eigenvalue weighted by Gasteiger charge is 2.10. The van der Waals surface area contributed by atoms with Crippen LogP contribution >= 0.6 is 0 Å². The molecule has 0 amide bonds. The van der Waals surface area contributed by atoms with Gasteiger partial charge < -0.3 is 10.7 Å². The SMILES string of the molecule is CCCN(CCC)Cc1nc2ccc(C(C)CN)cc2[nH]1. The van der Waals surface area contributed by atoms with Gasteiger partial charge in [-0.1, -0.05) is 26.8 Å². The maximum Gasteiger partial charge on any atom is 0.121 e. The molecule has 0 aliphatic heterocycles. The third kappa shape index (κ3) is 4.05. The predicted molar refractivity (Wildman–Crippen MR) is 89.4 cm³/mol. The van der Waals surface area contributed by atoms with E-state index >= 15 is 0 Å². The van der Waals surface area contributed by atoms with Gasteiger partial charge in [0.15, 0.2) is 0 Å². The van der Waals surface area contributed by atoms with E-state index in [-0.39, 0.29) is 0 Å². The van der Waals surface area contributed by atoms with Gasteiger partial charge >= 0.3 is 0 Å². The molecule has 4 heteroatoms. The Hall–Kier alpha value is -1.39. The lowest BCUT2D eigenvalue weighted by atomic mass is 10.0. The average molecular weight is 288 g/mol. The van der Waals surface area contributed by atoms with Crippen molar-refractivity contribution in [3.05, 3.63) is 29.6 Å². The molecule has 1 atom stereocenters. The standard InChI is InChI=1S/C17H28N4/c1-4-8-21(9-5-2)12-17-19-15-7-6-14(13(3)11-18)10-16(15)20-17/h6-7,10,13H,4-5,8-9,11-12,18H2,1-3H3,(H,19,20). The van der Waals surface area contributed by atoms with Crippen LogP contribution < -0.4 is 5.73 Å². The van der Waals surface area contributed by atoms with Crippen LogP contribution in [0.2, 0.25) is 0 Å². The van der Waals surface area contributed by atoms with Gasteiger partial charge in [-0.05, 0) is 56.1 Å². The molecule has 116 valence electrons. The second-order valence-electron chi connectivity index (χ2n) is 5.87. The van der Waals surface area contributed by atoms with Gasteiger partial charge in [-0.25, -0.2) is 4.98 Å². The first-order chi connectivity index (χ1) is 10.2. The van der Waals surface area contributed by atoms with Gasteiger partial charge in [0.05, 0.1) is 17.6 Å². The van der Waals surface area contributed by atoms with Crippen LogP contribution in [0.3, 0.4) is 0 Å². The van der Waals surface area contributed by atoms with Crippen LogP contribution in [0.1, 0.15) is 50.9 Å². The summed E-state index contributed by atoms with van der Waals surface area (Å²) in [6, 6.07) is 6.43. The van der Waals surface area contributed by atoms with Gasteiger partial charge in [0.1, 0.15) is 5.82 Å². The zero-order chi connectivity index (χ0) is 15.2. The lowest BCUT2D eigenvalue weighted by molar-refractivity contribution is 0.261. The maximum atomic E-state index is 5.75. The van der Waals surface area contributed by atoms with Gasteiger partial charge in [0, 0.05) is 0 Å². The van der Waals surface area contributed by atoms with Crippen LogP contribution in [-0.2, 0) is 6.54 Å². The van der Waals surface area contributed by atoms with Crippen molar-refractivity contribution < 1.29 is 0 Å². The number of aromatic nitrogens is 2. The molecule has 2 aromatic rings. The van der Waals surface area contributed by atoms with Gasteiger partial charge in [0.2, 0.25) is 0 Å². The maximum absolute atomic E-state index is 5.75. The summed E-state index contributed by atoms with van der Waals surface area (Å²) in [6.07, 6.45) is 2.36. The number of benzene rings is 1. The number of hydrogen-bond donors (Lipinski definition) is 2. The Bertz CT molecular complexity index is 555. The first kappa shape index (κ1) is 16.0. The zero-order valence-corrected chi connectivity index (χ0v) is 13.5. The molecule has 0 aliphatic rings. The summed E-state index contributed by atoms with van der Waals surface area (Å²) in [7, 11) is 0. The second kappa shape index (κ2) is 7.57. The normalized spacial score (nSPS) is 13.2. The topological polar surface area (TPSA) is 57.9 Å². The van der Waals surface area contributed by atoms with Gasteiger partial charge in [-0.2, -0.15) is 0 Å². The highest BCUT2D eigenvalue weighted by atomic mass is 15.1. The number of nitrogens with two attached hydrogens (primary N) is 1. The number of hydrogen-bond acceptors (Lipinski definition) is 3. The van der Waals surface area contributed by atoms with Crippen molar-refractivity contribution in [3.63, 3.8) is 0 Å². The van der Waals surface area contributed by atoms with Gasteiger partial charge in [-0.3, -0.25) is 4.90 Å². The Morgan fingerprint density at radius 1 is 1.24 bits per heavy atom. The number of nitrogens with one attached hydrogen (secondary N) is 1. The fraction of sp³-hybridized carbons (Fsp3) is 0.588. The van der Waals surface area contributed by atoms with Gasteiger partial charge in [-0.15, -0.1) is 0 Å². The highest BCUT2D eigenvalue weighted by Crippen LogP contribution is 2.20. The lowest BCUT2D eigenvalue weighted by Gasteiger charge is -2.19. The molecular formula is C17H28N4. The molecule has 0 spiro atoms. The minimum Gasteiger partial charge on any atom is -0.341 e. The monoisotopic (exact) mass is 288 g/mol. The quantitative estimate of drug-likeness (QED) is 0.784. The Morgan fingerprint density at radius 3 is 2.57 bits per heavy atom.